The van der Waals surface area contributed by atoms with E-state index in [-0.39, 0.29) is 0 Å². The van der Waals surface area contributed by atoms with Crippen molar-refractivity contribution in [1.29, 1.82) is 0 Å². The van der Waals surface area contributed by atoms with Gasteiger partial charge in [0.2, 0.25) is 0 Å². The monoisotopic (exact) mass is 426 g/mol. The maximum atomic E-state index is 11.7. The summed E-state index contributed by atoms with van der Waals surface area (Å²) in [5.41, 5.74) is 0. The zero-order chi connectivity index (χ0) is 22.5. The lowest BCUT2D eigenvalue weighted by atomic mass is 9.84. The molecule has 0 aromatic carbocycles. The van der Waals surface area contributed by atoms with E-state index in [9.17, 15) is 19.8 Å². The summed E-state index contributed by atoms with van der Waals surface area (Å²) in [6.07, 6.45) is 22.3. The van der Waals surface area contributed by atoms with Crippen molar-refractivity contribution in [2.45, 2.75) is 142 Å². The van der Waals surface area contributed by atoms with Crippen LogP contribution in [-0.2, 0) is 9.59 Å². The molecule has 2 N–H and O–H groups in total. The third-order valence-corrected chi connectivity index (χ3v) is 6.36. The van der Waals surface area contributed by atoms with Gasteiger partial charge in [0, 0.05) is 0 Å². The zero-order valence-corrected chi connectivity index (χ0v) is 20.0. The smallest absolute Gasteiger partial charge is 0.307 e. The Morgan fingerprint density at radius 3 is 0.933 bits per heavy atom. The number of carboxylic acids is 2. The molecular formula is C26H50O4. The Labute approximate surface area is 186 Å². The first-order valence-electron chi connectivity index (χ1n) is 13.0. The van der Waals surface area contributed by atoms with E-state index < -0.39 is 23.8 Å². The number of carbonyl (C=O) groups is 2. The van der Waals surface area contributed by atoms with Gasteiger partial charge < -0.3 is 10.2 Å². The van der Waals surface area contributed by atoms with Crippen molar-refractivity contribution in [3.63, 3.8) is 0 Å². The van der Waals surface area contributed by atoms with Crippen molar-refractivity contribution in [3.05, 3.63) is 0 Å². The predicted octanol–water partition coefficient (Wildman–Crippen LogP) is 8.23. The quantitative estimate of drug-likeness (QED) is 0.161. The van der Waals surface area contributed by atoms with Gasteiger partial charge in [0.25, 0.3) is 0 Å². The Balaban J connectivity index is 4.02. The average Bonchev–Trinajstić information content (AvgIpc) is 2.71. The second-order valence-electron chi connectivity index (χ2n) is 9.12. The number of hydrogen-bond acceptors (Lipinski definition) is 2. The lowest BCUT2D eigenvalue weighted by Gasteiger charge is -2.20. The third kappa shape index (κ3) is 16.7. The average molecular weight is 427 g/mol. The predicted molar refractivity (Wildman–Crippen MR) is 126 cm³/mol. The second-order valence-corrected chi connectivity index (χ2v) is 9.12. The van der Waals surface area contributed by atoms with E-state index in [0.29, 0.717) is 12.8 Å². The largest absolute Gasteiger partial charge is 0.481 e. The van der Waals surface area contributed by atoms with Crippen LogP contribution in [0.4, 0.5) is 0 Å². The number of unbranched alkanes of at least 4 members (excludes halogenated alkanes) is 16. The highest BCUT2D eigenvalue weighted by atomic mass is 16.4. The lowest BCUT2D eigenvalue weighted by Crippen LogP contribution is -2.30. The van der Waals surface area contributed by atoms with Gasteiger partial charge in [0.1, 0.15) is 0 Å². The van der Waals surface area contributed by atoms with Crippen molar-refractivity contribution in [2.75, 3.05) is 0 Å². The maximum absolute atomic E-state index is 11.7. The van der Waals surface area contributed by atoms with Crippen LogP contribution in [0.5, 0.6) is 0 Å². The van der Waals surface area contributed by atoms with Gasteiger partial charge in [-0.15, -0.1) is 0 Å². The Morgan fingerprint density at radius 1 is 0.467 bits per heavy atom. The van der Waals surface area contributed by atoms with Crippen LogP contribution >= 0.6 is 0 Å². The summed E-state index contributed by atoms with van der Waals surface area (Å²) in [7, 11) is 0. The van der Waals surface area contributed by atoms with Gasteiger partial charge in [-0.1, -0.05) is 129 Å². The van der Waals surface area contributed by atoms with Gasteiger partial charge in [-0.05, 0) is 12.8 Å². The summed E-state index contributed by atoms with van der Waals surface area (Å²) in [6, 6.07) is 0. The molecule has 0 spiro atoms. The Kier molecular flexibility index (Phi) is 20.4. The standard InChI is InChI=1S/C26H50O4/c1-3-5-7-9-11-13-15-17-19-21-23(25(27)28)24(26(29)30)22-20-18-16-14-12-10-8-6-4-2/h23-24H,3-22H2,1-2H3,(H,27,28)(H,29,30)/t23-,24-/m0/s1. The summed E-state index contributed by atoms with van der Waals surface area (Å²) in [5, 5.41) is 19.2. The molecule has 0 saturated carbocycles. The van der Waals surface area contributed by atoms with E-state index in [1.165, 1.54) is 77.0 Å². The third-order valence-electron chi connectivity index (χ3n) is 6.36. The van der Waals surface area contributed by atoms with Crippen LogP contribution in [0.1, 0.15) is 142 Å². The van der Waals surface area contributed by atoms with Crippen LogP contribution in [0, 0.1) is 11.8 Å². The lowest BCUT2D eigenvalue weighted by molar-refractivity contribution is -0.154. The molecule has 0 aliphatic rings. The van der Waals surface area contributed by atoms with E-state index in [1.807, 2.05) is 0 Å². The van der Waals surface area contributed by atoms with Crippen molar-refractivity contribution < 1.29 is 19.8 Å². The zero-order valence-electron chi connectivity index (χ0n) is 20.0. The van der Waals surface area contributed by atoms with E-state index in [1.54, 1.807) is 0 Å². The molecule has 0 aliphatic heterocycles. The van der Waals surface area contributed by atoms with Crippen LogP contribution in [0.2, 0.25) is 0 Å². The fourth-order valence-corrected chi connectivity index (χ4v) is 4.34. The van der Waals surface area contributed by atoms with Gasteiger partial charge in [0.15, 0.2) is 0 Å². The summed E-state index contributed by atoms with van der Waals surface area (Å²) in [5.74, 6) is -3.34. The molecule has 0 heterocycles. The van der Waals surface area contributed by atoms with Crippen molar-refractivity contribution in [3.8, 4) is 0 Å². The highest BCUT2D eigenvalue weighted by Gasteiger charge is 2.32. The summed E-state index contributed by atoms with van der Waals surface area (Å²) in [4.78, 5) is 23.4. The van der Waals surface area contributed by atoms with Crippen LogP contribution in [0.25, 0.3) is 0 Å². The first-order chi connectivity index (χ1) is 14.5. The number of hydrogen-bond donors (Lipinski definition) is 2. The molecule has 4 nitrogen and oxygen atoms in total. The highest BCUT2D eigenvalue weighted by molar-refractivity contribution is 5.79. The number of carboxylic acid groups (broad SMARTS) is 2. The molecule has 0 saturated heterocycles. The van der Waals surface area contributed by atoms with E-state index in [0.717, 1.165) is 38.5 Å². The first kappa shape index (κ1) is 28.9. The van der Waals surface area contributed by atoms with Gasteiger partial charge in [0.05, 0.1) is 11.8 Å². The van der Waals surface area contributed by atoms with Crippen LogP contribution in [-0.4, -0.2) is 22.2 Å². The summed E-state index contributed by atoms with van der Waals surface area (Å²) < 4.78 is 0. The molecule has 0 unspecified atom stereocenters. The minimum atomic E-state index is -0.933. The summed E-state index contributed by atoms with van der Waals surface area (Å²) in [6.45, 7) is 4.44. The molecule has 0 amide bonds. The van der Waals surface area contributed by atoms with Crippen molar-refractivity contribution >= 4 is 11.9 Å². The fourth-order valence-electron chi connectivity index (χ4n) is 4.34. The molecule has 30 heavy (non-hydrogen) atoms. The molecule has 0 aromatic heterocycles. The topological polar surface area (TPSA) is 74.6 Å². The minimum Gasteiger partial charge on any atom is -0.481 e. The molecule has 0 aliphatic carbocycles. The van der Waals surface area contributed by atoms with Crippen LogP contribution in [0.3, 0.4) is 0 Å². The first-order valence-corrected chi connectivity index (χ1v) is 13.0. The van der Waals surface area contributed by atoms with Crippen LogP contribution < -0.4 is 0 Å². The van der Waals surface area contributed by atoms with Crippen molar-refractivity contribution in [1.82, 2.24) is 0 Å². The molecule has 0 aromatic rings. The molecule has 0 fully saturated rings. The normalized spacial score (nSPS) is 13.3. The molecular weight excluding hydrogens is 376 g/mol. The van der Waals surface area contributed by atoms with Gasteiger partial charge in [-0.3, -0.25) is 9.59 Å². The molecule has 2 atom stereocenters. The van der Waals surface area contributed by atoms with Gasteiger partial charge in [-0.2, -0.15) is 0 Å². The second kappa shape index (κ2) is 21.2. The van der Waals surface area contributed by atoms with Gasteiger partial charge >= 0.3 is 11.9 Å². The number of rotatable bonds is 23. The minimum absolute atomic E-state index is 0.500. The fraction of sp³-hybridized carbons (Fsp3) is 0.923. The Hall–Kier alpha value is -1.06. The Morgan fingerprint density at radius 2 is 0.700 bits per heavy atom. The molecule has 178 valence electrons. The highest BCUT2D eigenvalue weighted by Crippen LogP contribution is 2.26. The van der Waals surface area contributed by atoms with Gasteiger partial charge in [-0.25, -0.2) is 0 Å². The molecule has 0 rings (SSSR count). The Bertz CT molecular complexity index is 370. The SMILES string of the molecule is CCCCCCCCCCC[C@H](C(=O)O)[C@H](CCCCCCCCCCC)C(=O)O. The number of aliphatic carboxylic acids is 2. The molecule has 0 bridgehead atoms. The van der Waals surface area contributed by atoms with Crippen LogP contribution in [0.15, 0.2) is 0 Å². The summed E-state index contributed by atoms with van der Waals surface area (Å²) >= 11 is 0. The maximum Gasteiger partial charge on any atom is 0.307 e. The van der Waals surface area contributed by atoms with E-state index in [4.69, 9.17) is 0 Å². The molecule has 4 heteroatoms. The van der Waals surface area contributed by atoms with Crippen molar-refractivity contribution in [2.24, 2.45) is 11.8 Å². The van der Waals surface area contributed by atoms with E-state index >= 15 is 0 Å². The van der Waals surface area contributed by atoms with E-state index in [2.05, 4.69) is 13.8 Å². The molecule has 0 radical (unpaired) electrons.